The lowest BCUT2D eigenvalue weighted by Crippen LogP contribution is -2.36. The fraction of sp³-hybridized carbons (Fsp3) is 0.529. The lowest BCUT2D eigenvalue weighted by Gasteiger charge is -2.23. The Bertz CT molecular complexity index is 561. The van der Waals surface area contributed by atoms with Crippen molar-refractivity contribution in [3.05, 3.63) is 35.6 Å². The van der Waals surface area contributed by atoms with Crippen LogP contribution >= 0.6 is 0 Å². The third-order valence-electron chi connectivity index (χ3n) is 4.03. The SMILES string of the molecule is COC(=O)CN(C)C(=O)CCN(Cc1ccccc1F)C1CC1. The molecule has 5 nitrogen and oxygen atoms in total. The molecule has 0 unspecified atom stereocenters. The molecule has 0 aromatic heterocycles. The Hall–Kier alpha value is -1.95. The number of nitrogens with zero attached hydrogens (tertiary/aromatic N) is 2. The van der Waals surface area contributed by atoms with Gasteiger partial charge in [0.1, 0.15) is 12.4 Å². The van der Waals surface area contributed by atoms with Gasteiger partial charge < -0.3 is 9.64 Å². The Labute approximate surface area is 136 Å². The monoisotopic (exact) mass is 322 g/mol. The van der Waals surface area contributed by atoms with E-state index in [2.05, 4.69) is 9.64 Å². The number of benzene rings is 1. The quantitative estimate of drug-likeness (QED) is 0.685. The molecule has 1 aliphatic carbocycles. The van der Waals surface area contributed by atoms with Crippen LogP contribution in [0.3, 0.4) is 0 Å². The third kappa shape index (κ3) is 5.32. The van der Waals surface area contributed by atoms with Gasteiger partial charge in [-0.1, -0.05) is 18.2 Å². The molecule has 0 N–H and O–H groups in total. The molecule has 126 valence electrons. The Morgan fingerprint density at radius 1 is 1.30 bits per heavy atom. The van der Waals surface area contributed by atoms with Crippen molar-refractivity contribution in [2.24, 2.45) is 0 Å². The highest BCUT2D eigenvalue weighted by atomic mass is 19.1. The van der Waals surface area contributed by atoms with Crippen LogP contribution in [0.2, 0.25) is 0 Å². The molecule has 0 aliphatic heterocycles. The number of hydrogen-bond donors (Lipinski definition) is 0. The molecule has 0 atom stereocenters. The van der Waals surface area contributed by atoms with Crippen molar-refractivity contribution in [3.63, 3.8) is 0 Å². The van der Waals surface area contributed by atoms with Gasteiger partial charge in [0.15, 0.2) is 0 Å². The Morgan fingerprint density at radius 3 is 2.61 bits per heavy atom. The minimum absolute atomic E-state index is 0.0495. The van der Waals surface area contributed by atoms with Gasteiger partial charge in [-0.15, -0.1) is 0 Å². The van der Waals surface area contributed by atoms with E-state index in [1.807, 2.05) is 6.07 Å². The van der Waals surface area contributed by atoms with Crippen LogP contribution in [0.4, 0.5) is 4.39 Å². The maximum Gasteiger partial charge on any atom is 0.325 e. The number of halogens is 1. The van der Waals surface area contributed by atoms with Crippen LogP contribution in [0.25, 0.3) is 0 Å². The highest BCUT2D eigenvalue weighted by Crippen LogP contribution is 2.28. The third-order valence-corrected chi connectivity index (χ3v) is 4.03. The molecule has 0 bridgehead atoms. The van der Waals surface area contributed by atoms with Gasteiger partial charge in [0, 0.05) is 38.2 Å². The number of esters is 1. The van der Waals surface area contributed by atoms with Gasteiger partial charge in [-0.25, -0.2) is 4.39 Å². The number of carbonyl (C=O) groups is 2. The van der Waals surface area contributed by atoms with Gasteiger partial charge in [-0.2, -0.15) is 0 Å². The fourth-order valence-corrected chi connectivity index (χ4v) is 2.45. The first-order valence-corrected chi connectivity index (χ1v) is 7.79. The standard InChI is InChI=1S/C17H23FN2O3/c1-19(12-17(22)23-2)16(21)9-10-20(14-7-8-14)11-13-5-3-4-6-15(13)18/h3-6,14H,7-12H2,1-2H3. The summed E-state index contributed by atoms with van der Waals surface area (Å²) in [6, 6.07) is 7.14. The molecule has 23 heavy (non-hydrogen) atoms. The van der Waals surface area contributed by atoms with Gasteiger partial charge in [-0.05, 0) is 18.9 Å². The molecule has 0 spiro atoms. The predicted molar refractivity (Wildman–Crippen MR) is 84.1 cm³/mol. The second-order valence-electron chi connectivity index (χ2n) is 5.87. The van der Waals surface area contributed by atoms with E-state index in [9.17, 15) is 14.0 Å². The van der Waals surface area contributed by atoms with E-state index >= 15 is 0 Å². The van der Waals surface area contributed by atoms with E-state index in [0.717, 1.165) is 12.8 Å². The molecule has 0 radical (unpaired) electrons. The number of ether oxygens (including phenoxy) is 1. The number of rotatable bonds is 8. The first-order chi connectivity index (χ1) is 11.0. The normalized spacial score (nSPS) is 13.9. The van der Waals surface area contributed by atoms with Crippen LogP contribution in [0, 0.1) is 5.82 Å². The summed E-state index contributed by atoms with van der Waals surface area (Å²) in [4.78, 5) is 26.8. The van der Waals surface area contributed by atoms with Crippen molar-refractivity contribution in [1.82, 2.24) is 9.80 Å². The van der Waals surface area contributed by atoms with Crippen molar-refractivity contribution < 1.29 is 18.7 Å². The van der Waals surface area contributed by atoms with Gasteiger partial charge >= 0.3 is 5.97 Å². The number of amides is 1. The Balaban J connectivity index is 1.87. The zero-order valence-electron chi connectivity index (χ0n) is 13.6. The lowest BCUT2D eigenvalue weighted by atomic mass is 10.2. The van der Waals surface area contributed by atoms with Crippen LogP contribution < -0.4 is 0 Å². The minimum Gasteiger partial charge on any atom is -0.468 e. The van der Waals surface area contributed by atoms with Gasteiger partial charge in [-0.3, -0.25) is 14.5 Å². The average molecular weight is 322 g/mol. The van der Waals surface area contributed by atoms with Gasteiger partial charge in [0.25, 0.3) is 0 Å². The highest BCUT2D eigenvalue weighted by Gasteiger charge is 2.29. The van der Waals surface area contributed by atoms with Crippen molar-refractivity contribution in [1.29, 1.82) is 0 Å². The van der Waals surface area contributed by atoms with Crippen LogP contribution in [0.5, 0.6) is 0 Å². The Kier molecular flexibility index (Phi) is 6.10. The molecule has 1 aliphatic rings. The Morgan fingerprint density at radius 2 is 2.00 bits per heavy atom. The zero-order chi connectivity index (χ0) is 16.8. The summed E-state index contributed by atoms with van der Waals surface area (Å²) in [6.45, 7) is 1.01. The number of likely N-dealkylation sites (N-methyl/N-ethyl adjacent to an activating group) is 1. The van der Waals surface area contributed by atoms with E-state index < -0.39 is 5.97 Å². The summed E-state index contributed by atoms with van der Waals surface area (Å²) in [6.07, 6.45) is 2.47. The molecule has 1 fully saturated rings. The van der Waals surface area contributed by atoms with Crippen LogP contribution in [0.15, 0.2) is 24.3 Å². The molecule has 1 amide bonds. The van der Waals surface area contributed by atoms with E-state index in [4.69, 9.17) is 0 Å². The molecular weight excluding hydrogens is 299 g/mol. The maximum atomic E-state index is 13.8. The summed E-state index contributed by atoms with van der Waals surface area (Å²) in [7, 11) is 2.88. The summed E-state index contributed by atoms with van der Waals surface area (Å²) in [5.41, 5.74) is 0.648. The first-order valence-electron chi connectivity index (χ1n) is 7.79. The van der Waals surface area contributed by atoms with Crippen molar-refractivity contribution in [3.8, 4) is 0 Å². The smallest absolute Gasteiger partial charge is 0.325 e. The molecule has 1 aromatic rings. The molecule has 6 heteroatoms. The second-order valence-corrected chi connectivity index (χ2v) is 5.87. The minimum atomic E-state index is -0.439. The zero-order valence-corrected chi connectivity index (χ0v) is 13.6. The van der Waals surface area contributed by atoms with E-state index in [1.165, 1.54) is 18.1 Å². The summed E-state index contributed by atoms with van der Waals surface area (Å²) in [5, 5.41) is 0. The van der Waals surface area contributed by atoms with Crippen molar-refractivity contribution in [2.75, 3.05) is 27.2 Å². The first kappa shape index (κ1) is 17.4. The molecule has 0 saturated heterocycles. The van der Waals surface area contributed by atoms with Crippen molar-refractivity contribution >= 4 is 11.9 Å². The summed E-state index contributed by atoms with van der Waals surface area (Å²) >= 11 is 0. The number of carbonyl (C=O) groups excluding carboxylic acids is 2. The average Bonchev–Trinajstić information content (AvgIpc) is 3.37. The van der Waals surface area contributed by atoms with Gasteiger partial charge in [0.05, 0.1) is 7.11 Å². The van der Waals surface area contributed by atoms with Crippen molar-refractivity contribution in [2.45, 2.75) is 31.8 Å². The van der Waals surface area contributed by atoms with E-state index in [-0.39, 0.29) is 18.3 Å². The lowest BCUT2D eigenvalue weighted by molar-refractivity contribution is -0.146. The topological polar surface area (TPSA) is 49.9 Å². The molecule has 0 heterocycles. The van der Waals surface area contributed by atoms with Gasteiger partial charge in [0.2, 0.25) is 5.91 Å². The van der Waals surface area contributed by atoms with E-state index in [0.29, 0.717) is 31.1 Å². The van der Waals surface area contributed by atoms with Crippen LogP contribution in [-0.4, -0.2) is 55.0 Å². The van der Waals surface area contributed by atoms with Crippen LogP contribution in [-0.2, 0) is 20.9 Å². The summed E-state index contributed by atoms with van der Waals surface area (Å²) < 4.78 is 18.3. The molecule has 2 rings (SSSR count). The number of hydrogen-bond acceptors (Lipinski definition) is 4. The number of methoxy groups -OCH3 is 1. The maximum absolute atomic E-state index is 13.8. The van der Waals surface area contributed by atoms with E-state index in [1.54, 1.807) is 19.2 Å². The molecular formula is C17H23FN2O3. The predicted octanol–water partition coefficient (Wildman–Crippen LogP) is 1.81. The van der Waals surface area contributed by atoms with Crippen LogP contribution in [0.1, 0.15) is 24.8 Å². The largest absolute Gasteiger partial charge is 0.468 e. The summed E-state index contributed by atoms with van der Waals surface area (Å²) in [5.74, 6) is -0.770. The fourth-order valence-electron chi connectivity index (χ4n) is 2.45. The molecule has 1 aromatic carbocycles. The second kappa shape index (κ2) is 8.06. The highest BCUT2D eigenvalue weighted by molar-refractivity contribution is 5.81. The molecule has 1 saturated carbocycles.